The largest absolute Gasteiger partial charge is 0.416 e. The number of aliphatic hydroxyl groups is 1. The fourth-order valence-electron chi connectivity index (χ4n) is 3.28. The second-order valence-corrected chi connectivity index (χ2v) is 7.44. The Hall–Kier alpha value is -2.09. The van der Waals surface area contributed by atoms with Crippen molar-refractivity contribution >= 4 is 11.8 Å². The van der Waals surface area contributed by atoms with Crippen molar-refractivity contribution in [2.75, 3.05) is 19.6 Å². The SMILES string of the molecule is O=C(NC[C@@]1(O)CCCN(C(=O)c2ccc(C(F)(F)F)cc2)CC1)C1CC1. The van der Waals surface area contributed by atoms with Crippen LogP contribution in [0, 0.1) is 5.92 Å². The number of nitrogens with zero attached hydrogens (tertiary/aromatic N) is 1. The average Bonchev–Trinajstić information content (AvgIpc) is 3.47. The Morgan fingerprint density at radius 1 is 1.15 bits per heavy atom. The highest BCUT2D eigenvalue weighted by Gasteiger charge is 2.35. The lowest BCUT2D eigenvalue weighted by molar-refractivity contribution is -0.137. The van der Waals surface area contributed by atoms with E-state index in [1.807, 2.05) is 0 Å². The van der Waals surface area contributed by atoms with Gasteiger partial charge >= 0.3 is 6.18 Å². The number of halogens is 3. The molecule has 0 spiro atoms. The molecule has 5 nitrogen and oxygen atoms in total. The maximum absolute atomic E-state index is 12.6. The van der Waals surface area contributed by atoms with Crippen LogP contribution >= 0.6 is 0 Å². The number of hydrogen-bond acceptors (Lipinski definition) is 3. The summed E-state index contributed by atoms with van der Waals surface area (Å²) < 4.78 is 37.9. The van der Waals surface area contributed by atoms with Crippen LogP contribution in [0.15, 0.2) is 24.3 Å². The predicted molar refractivity (Wildman–Crippen MR) is 91.9 cm³/mol. The zero-order valence-corrected chi connectivity index (χ0v) is 14.9. The van der Waals surface area contributed by atoms with E-state index in [4.69, 9.17) is 0 Å². The second-order valence-electron chi connectivity index (χ2n) is 7.44. The summed E-state index contributed by atoms with van der Waals surface area (Å²) in [6.45, 7) is 0.860. The van der Waals surface area contributed by atoms with Gasteiger partial charge in [-0.3, -0.25) is 9.59 Å². The molecular weight excluding hydrogens is 361 g/mol. The first-order valence-electron chi connectivity index (χ1n) is 9.15. The van der Waals surface area contributed by atoms with E-state index in [2.05, 4.69) is 5.32 Å². The minimum Gasteiger partial charge on any atom is -0.388 e. The lowest BCUT2D eigenvalue weighted by atomic mass is 9.95. The summed E-state index contributed by atoms with van der Waals surface area (Å²) >= 11 is 0. The summed E-state index contributed by atoms with van der Waals surface area (Å²) in [5.74, 6) is -0.322. The van der Waals surface area contributed by atoms with Gasteiger partial charge in [-0.05, 0) is 56.4 Å². The predicted octanol–water partition coefficient (Wildman–Crippen LogP) is 2.59. The van der Waals surface area contributed by atoms with E-state index < -0.39 is 17.3 Å². The van der Waals surface area contributed by atoms with Crippen LogP contribution < -0.4 is 5.32 Å². The van der Waals surface area contributed by atoms with Crippen molar-refractivity contribution in [1.29, 1.82) is 0 Å². The van der Waals surface area contributed by atoms with E-state index in [1.165, 1.54) is 12.1 Å². The molecule has 0 aromatic heterocycles. The molecule has 1 aromatic rings. The Morgan fingerprint density at radius 2 is 1.81 bits per heavy atom. The van der Waals surface area contributed by atoms with Gasteiger partial charge in [0, 0.05) is 31.1 Å². The number of alkyl halides is 3. The molecule has 8 heteroatoms. The van der Waals surface area contributed by atoms with Gasteiger partial charge in [-0.15, -0.1) is 0 Å². The number of benzene rings is 1. The van der Waals surface area contributed by atoms with Crippen LogP contribution in [-0.2, 0) is 11.0 Å². The quantitative estimate of drug-likeness (QED) is 0.838. The normalized spacial score (nSPS) is 23.6. The minimum atomic E-state index is -4.44. The molecule has 0 unspecified atom stereocenters. The van der Waals surface area contributed by atoms with Gasteiger partial charge in [0.1, 0.15) is 0 Å². The van der Waals surface area contributed by atoms with Gasteiger partial charge in [0.2, 0.25) is 5.91 Å². The third-order valence-corrected chi connectivity index (χ3v) is 5.20. The van der Waals surface area contributed by atoms with Crippen LogP contribution in [0.3, 0.4) is 0 Å². The molecule has 1 atom stereocenters. The highest BCUT2D eigenvalue weighted by Crippen LogP contribution is 2.30. The number of nitrogens with one attached hydrogen (secondary N) is 1. The van der Waals surface area contributed by atoms with Crippen molar-refractivity contribution in [3.05, 3.63) is 35.4 Å². The first-order chi connectivity index (χ1) is 12.7. The lowest BCUT2D eigenvalue weighted by Gasteiger charge is -2.27. The zero-order chi connectivity index (χ0) is 19.7. The van der Waals surface area contributed by atoms with Gasteiger partial charge in [-0.25, -0.2) is 0 Å². The van der Waals surface area contributed by atoms with Gasteiger partial charge in [-0.2, -0.15) is 13.2 Å². The molecule has 2 N–H and O–H groups in total. The zero-order valence-electron chi connectivity index (χ0n) is 14.9. The van der Waals surface area contributed by atoms with Gasteiger partial charge in [0.25, 0.3) is 5.91 Å². The van der Waals surface area contributed by atoms with Crippen LogP contribution in [0.5, 0.6) is 0 Å². The molecule has 1 saturated carbocycles. The third-order valence-electron chi connectivity index (χ3n) is 5.20. The molecule has 3 rings (SSSR count). The smallest absolute Gasteiger partial charge is 0.388 e. The van der Waals surface area contributed by atoms with E-state index >= 15 is 0 Å². The van der Waals surface area contributed by atoms with E-state index in [1.54, 1.807) is 4.90 Å². The summed E-state index contributed by atoms with van der Waals surface area (Å²) in [6, 6.07) is 4.15. The van der Waals surface area contributed by atoms with Gasteiger partial charge in [0.05, 0.1) is 11.2 Å². The van der Waals surface area contributed by atoms with Crippen LogP contribution in [0.2, 0.25) is 0 Å². The summed E-state index contributed by atoms with van der Waals surface area (Å²) in [5.41, 5.74) is -1.68. The molecule has 2 fully saturated rings. The third kappa shape index (κ3) is 5.00. The minimum absolute atomic E-state index is 0.0367. The Morgan fingerprint density at radius 3 is 2.41 bits per heavy atom. The summed E-state index contributed by atoms with van der Waals surface area (Å²) in [4.78, 5) is 25.9. The van der Waals surface area contributed by atoms with Crippen LogP contribution in [-0.4, -0.2) is 47.1 Å². The molecule has 148 valence electrons. The molecular formula is C19H23F3N2O3. The number of amides is 2. The van der Waals surface area contributed by atoms with Crippen molar-refractivity contribution in [2.24, 2.45) is 5.92 Å². The molecule has 1 aliphatic heterocycles. The van der Waals surface area contributed by atoms with E-state index in [0.29, 0.717) is 25.8 Å². The van der Waals surface area contributed by atoms with Crippen LogP contribution in [0.25, 0.3) is 0 Å². The highest BCUT2D eigenvalue weighted by atomic mass is 19.4. The van der Waals surface area contributed by atoms with Crippen molar-refractivity contribution in [3.63, 3.8) is 0 Å². The first kappa shape index (κ1) is 19.7. The summed E-state index contributed by atoms with van der Waals surface area (Å²) in [7, 11) is 0. The standard InChI is InChI=1S/C19H23F3N2O3/c20-19(21,22)15-6-4-14(5-7-15)17(26)24-10-1-8-18(27,9-11-24)12-23-16(25)13-2-3-13/h4-7,13,27H,1-3,8-12H2,(H,23,25)/t18-/m1/s1. The van der Waals surface area contributed by atoms with Crippen molar-refractivity contribution in [1.82, 2.24) is 10.2 Å². The fraction of sp³-hybridized carbons (Fsp3) is 0.579. The fourth-order valence-corrected chi connectivity index (χ4v) is 3.28. The molecule has 1 aliphatic carbocycles. The monoisotopic (exact) mass is 384 g/mol. The molecule has 1 saturated heterocycles. The number of likely N-dealkylation sites (tertiary alicyclic amines) is 1. The van der Waals surface area contributed by atoms with Gasteiger partial charge in [0.15, 0.2) is 0 Å². The van der Waals surface area contributed by atoms with E-state index in [-0.39, 0.29) is 36.4 Å². The van der Waals surface area contributed by atoms with E-state index in [0.717, 1.165) is 25.0 Å². The Balaban J connectivity index is 1.58. The van der Waals surface area contributed by atoms with Crippen molar-refractivity contribution < 1.29 is 27.9 Å². The van der Waals surface area contributed by atoms with Crippen molar-refractivity contribution in [3.8, 4) is 0 Å². The maximum atomic E-state index is 12.6. The first-order valence-corrected chi connectivity index (χ1v) is 9.15. The maximum Gasteiger partial charge on any atom is 0.416 e. The van der Waals surface area contributed by atoms with Crippen LogP contribution in [0.4, 0.5) is 13.2 Å². The number of hydrogen-bond donors (Lipinski definition) is 2. The topological polar surface area (TPSA) is 69.6 Å². The molecule has 0 bridgehead atoms. The lowest BCUT2D eigenvalue weighted by Crippen LogP contribution is -2.44. The Labute approximate surface area is 155 Å². The summed E-state index contributed by atoms with van der Waals surface area (Å²) in [6.07, 6.45) is -1.34. The number of carbonyl (C=O) groups is 2. The average molecular weight is 384 g/mol. The van der Waals surface area contributed by atoms with Crippen LogP contribution in [0.1, 0.15) is 48.0 Å². The number of rotatable bonds is 4. The Bertz CT molecular complexity index is 701. The molecule has 0 radical (unpaired) electrons. The van der Waals surface area contributed by atoms with Gasteiger partial charge in [-0.1, -0.05) is 0 Å². The second kappa shape index (κ2) is 7.50. The highest BCUT2D eigenvalue weighted by molar-refractivity contribution is 5.94. The van der Waals surface area contributed by atoms with Crippen molar-refractivity contribution in [2.45, 2.75) is 43.9 Å². The summed E-state index contributed by atoms with van der Waals surface area (Å²) in [5, 5.41) is 13.5. The molecule has 27 heavy (non-hydrogen) atoms. The Kier molecular flexibility index (Phi) is 5.46. The molecule has 1 heterocycles. The molecule has 2 amide bonds. The molecule has 1 aromatic carbocycles. The molecule has 2 aliphatic rings. The van der Waals surface area contributed by atoms with E-state index in [9.17, 15) is 27.9 Å². The van der Waals surface area contributed by atoms with Gasteiger partial charge < -0.3 is 15.3 Å². The number of carbonyl (C=O) groups excluding carboxylic acids is 2.